The van der Waals surface area contributed by atoms with Crippen molar-refractivity contribution in [3.63, 3.8) is 0 Å². The Balaban J connectivity index is 1.82. The molecule has 0 unspecified atom stereocenters. The molecule has 0 aliphatic carbocycles. The molecular formula is C13H18FN3O. The number of aryl methyl sites for hydroxylation is 1. The number of carbonyl (C=O) groups is 1. The van der Waals surface area contributed by atoms with E-state index in [1.54, 1.807) is 13.0 Å². The van der Waals surface area contributed by atoms with Crippen molar-refractivity contribution in [1.29, 1.82) is 0 Å². The molecule has 1 atom stereocenters. The summed E-state index contributed by atoms with van der Waals surface area (Å²) in [5.41, 5.74) is 1.26. The predicted molar refractivity (Wildman–Crippen MR) is 69.2 cm³/mol. The molecule has 1 aromatic carbocycles. The number of anilines is 1. The monoisotopic (exact) mass is 251 g/mol. The average Bonchev–Trinajstić information content (AvgIpc) is 2.77. The second-order valence-electron chi connectivity index (χ2n) is 4.65. The van der Waals surface area contributed by atoms with Crippen LogP contribution in [-0.2, 0) is 0 Å². The molecular weight excluding hydrogens is 233 g/mol. The number of rotatable bonds is 3. The molecule has 3 N–H and O–H groups in total. The Bertz CT molecular complexity index is 410. The van der Waals surface area contributed by atoms with Crippen molar-refractivity contribution in [2.75, 3.05) is 18.4 Å². The summed E-state index contributed by atoms with van der Waals surface area (Å²) in [6.07, 6.45) is 2.23. The van der Waals surface area contributed by atoms with Crippen LogP contribution in [-0.4, -0.2) is 25.2 Å². The van der Waals surface area contributed by atoms with Crippen LogP contribution in [0.15, 0.2) is 18.2 Å². The zero-order valence-corrected chi connectivity index (χ0v) is 10.4. The molecule has 1 aliphatic rings. The average molecular weight is 251 g/mol. The van der Waals surface area contributed by atoms with E-state index in [4.69, 9.17) is 0 Å². The summed E-state index contributed by atoms with van der Waals surface area (Å²) < 4.78 is 13.1. The highest BCUT2D eigenvalue weighted by Crippen LogP contribution is 2.13. The summed E-state index contributed by atoms with van der Waals surface area (Å²) in [6, 6.07) is 4.52. The molecule has 1 aliphatic heterocycles. The van der Waals surface area contributed by atoms with Crippen LogP contribution in [0.2, 0.25) is 0 Å². The number of nitrogens with one attached hydrogen (secondary N) is 3. The van der Waals surface area contributed by atoms with E-state index in [9.17, 15) is 9.18 Å². The predicted octanol–water partition coefficient (Wildman–Crippen LogP) is 2.01. The molecule has 0 bridgehead atoms. The normalized spacial score (nSPS) is 18.7. The Hall–Kier alpha value is -1.62. The summed E-state index contributed by atoms with van der Waals surface area (Å²) in [6.45, 7) is 3.39. The van der Waals surface area contributed by atoms with Crippen LogP contribution in [0.3, 0.4) is 0 Å². The van der Waals surface area contributed by atoms with E-state index < -0.39 is 0 Å². The first-order valence-electron chi connectivity index (χ1n) is 6.19. The molecule has 0 spiro atoms. The SMILES string of the molecule is Cc1cc(F)cc(NC(=O)NC[C@@H]2CCCN2)c1. The van der Waals surface area contributed by atoms with Crippen LogP contribution in [0.5, 0.6) is 0 Å². The maximum Gasteiger partial charge on any atom is 0.319 e. The van der Waals surface area contributed by atoms with Crippen molar-refractivity contribution in [2.24, 2.45) is 0 Å². The number of urea groups is 1. The van der Waals surface area contributed by atoms with E-state index >= 15 is 0 Å². The van der Waals surface area contributed by atoms with E-state index in [1.165, 1.54) is 12.1 Å². The van der Waals surface area contributed by atoms with Crippen LogP contribution in [0.1, 0.15) is 18.4 Å². The minimum absolute atomic E-state index is 0.298. The van der Waals surface area contributed by atoms with Gasteiger partial charge in [0.1, 0.15) is 5.82 Å². The van der Waals surface area contributed by atoms with Gasteiger partial charge in [0.15, 0.2) is 0 Å². The van der Waals surface area contributed by atoms with Crippen molar-refractivity contribution in [3.05, 3.63) is 29.6 Å². The number of halogens is 1. The molecule has 1 fully saturated rings. The van der Waals surface area contributed by atoms with Gasteiger partial charge in [-0.1, -0.05) is 0 Å². The Kier molecular flexibility index (Phi) is 4.15. The minimum atomic E-state index is -0.345. The van der Waals surface area contributed by atoms with Crippen molar-refractivity contribution < 1.29 is 9.18 Å². The third kappa shape index (κ3) is 3.70. The number of benzene rings is 1. The standard InChI is InChI=1S/C13H18FN3O/c1-9-5-10(14)7-12(6-9)17-13(18)16-8-11-3-2-4-15-11/h5-7,11,15H,2-4,8H2,1H3,(H2,16,17,18)/t11-/m0/s1. The van der Waals surface area contributed by atoms with E-state index in [2.05, 4.69) is 16.0 Å². The molecule has 5 heteroatoms. The van der Waals surface area contributed by atoms with Crippen molar-refractivity contribution in [3.8, 4) is 0 Å². The van der Waals surface area contributed by atoms with Gasteiger partial charge in [0, 0.05) is 18.3 Å². The van der Waals surface area contributed by atoms with Gasteiger partial charge in [0.2, 0.25) is 0 Å². The van der Waals surface area contributed by atoms with Gasteiger partial charge in [0.05, 0.1) is 0 Å². The molecule has 1 aromatic rings. The molecule has 0 aromatic heterocycles. The Morgan fingerprint density at radius 2 is 2.33 bits per heavy atom. The lowest BCUT2D eigenvalue weighted by Gasteiger charge is -2.12. The summed E-state index contributed by atoms with van der Waals surface area (Å²) in [5, 5.41) is 8.70. The summed E-state index contributed by atoms with van der Waals surface area (Å²) in [7, 11) is 0. The summed E-state index contributed by atoms with van der Waals surface area (Å²) in [5.74, 6) is -0.345. The lowest BCUT2D eigenvalue weighted by Crippen LogP contribution is -2.39. The van der Waals surface area contributed by atoms with Crippen molar-refractivity contribution in [1.82, 2.24) is 10.6 Å². The summed E-state index contributed by atoms with van der Waals surface area (Å²) >= 11 is 0. The molecule has 98 valence electrons. The highest BCUT2D eigenvalue weighted by Gasteiger charge is 2.14. The molecule has 2 rings (SSSR count). The van der Waals surface area contributed by atoms with Crippen LogP contribution >= 0.6 is 0 Å². The lowest BCUT2D eigenvalue weighted by molar-refractivity contribution is 0.251. The van der Waals surface area contributed by atoms with E-state index in [1.807, 2.05) is 0 Å². The molecule has 0 saturated carbocycles. The molecule has 2 amide bonds. The lowest BCUT2D eigenvalue weighted by atomic mass is 10.2. The molecule has 1 heterocycles. The second-order valence-corrected chi connectivity index (χ2v) is 4.65. The Morgan fingerprint density at radius 1 is 1.50 bits per heavy atom. The van der Waals surface area contributed by atoms with Gasteiger partial charge >= 0.3 is 6.03 Å². The highest BCUT2D eigenvalue weighted by atomic mass is 19.1. The molecule has 0 radical (unpaired) electrons. The Morgan fingerprint density at radius 3 is 3.00 bits per heavy atom. The number of amides is 2. The first kappa shape index (κ1) is 12.8. The topological polar surface area (TPSA) is 53.2 Å². The fourth-order valence-corrected chi connectivity index (χ4v) is 2.13. The van der Waals surface area contributed by atoms with Gasteiger partial charge in [0.25, 0.3) is 0 Å². The van der Waals surface area contributed by atoms with Crippen LogP contribution < -0.4 is 16.0 Å². The quantitative estimate of drug-likeness (QED) is 0.769. The first-order valence-corrected chi connectivity index (χ1v) is 6.19. The first-order chi connectivity index (χ1) is 8.63. The zero-order valence-electron chi connectivity index (χ0n) is 10.4. The van der Waals surface area contributed by atoms with Crippen molar-refractivity contribution >= 4 is 11.7 Å². The van der Waals surface area contributed by atoms with Crippen LogP contribution in [0.4, 0.5) is 14.9 Å². The molecule has 18 heavy (non-hydrogen) atoms. The van der Waals surface area contributed by atoms with Gasteiger partial charge in [-0.2, -0.15) is 0 Å². The van der Waals surface area contributed by atoms with Crippen LogP contribution in [0, 0.1) is 12.7 Å². The van der Waals surface area contributed by atoms with Gasteiger partial charge in [-0.3, -0.25) is 0 Å². The van der Waals surface area contributed by atoms with Gasteiger partial charge in [-0.05, 0) is 50.1 Å². The number of hydrogen-bond donors (Lipinski definition) is 3. The largest absolute Gasteiger partial charge is 0.336 e. The smallest absolute Gasteiger partial charge is 0.319 e. The molecule has 4 nitrogen and oxygen atoms in total. The molecule has 1 saturated heterocycles. The van der Waals surface area contributed by atoms with Gasteiger partial charge in [-0.15, -0.1) is 0 Å². The Labute approximate surface area is 106 Å². The fourth-order valence-electron chi connectivity index (χ4n) is 2.13. The van der Waals surface area contributed by atoms with E-state index in [0.717, 1.165) is 24.9 Å². The third-order valence-electron chi connectivity index (χ3n) is 2.97. The number of hydrogen-bond acceptors (Lipinski definition) is 2. The maximum absolute atomic E-state index is 13.1. The van der Waals surface area contributed by atoms with Crippen molar-refractivity contribution in [2.45, 2.75) is 25.8 Å². The minimum Gasteiger partial charge on any atom is -0.336 e. The van der Waals surface area contributed by atoms with E-state index in [0.29, 0.717) is 18.3 Å². The highest BCUT2D eigenvalue weighted by molar-refractivity contribution is 5.89. The van der Waals surface area contributed by atoms with E-state index in [-0.39, 0.29) is 11.8 Å². The maximum atomic E-state index is 13.1. The zero-order chi connectivity index (χ0) is 13.0. The summed E-state index contributed by atoms with van der Waals surface area (Å²) in [4.78, 5) is 11.6. The van der Waals surface area contributed by atoms with Crippen LogP contribution in [0.25, 0.3) is 0 Å². The second kappa shape index (κ2) is 5.82. The fraction of sp³-hybridized carbons (Fsp3) is 0.462. The van der Waals surface area contributed by atoms with Gasteiger partial charge < -0.3 is 16.0 Å². The van der Waals surface area contributed by atoms with Gasteiger partial charge in [-0.25, -0.2) is 9.18 Å². The number of carbonyl (C=O) groups excluding carboxylic acids is 1. The third-order valence-corrected chi connectivity index (χ3v) is 2.97.